The molecule has 5 nitrogen and oxygen atoms in total. The molecule has 1 aliphatic heterocycles. The minimum atomic E-state index is -0.229. The number of fused-ring (bicyclic) bond motifs is 1. The van der Waals surface area contributed by atoms with Crippen molar-refractivity contribution in [2.24, 2.45) is 5.10 Å². The van der Waals surface area contributed by atoms with Crippen LogP contribution >= 0.6 is 0 Å². The number of nitrogens with one attached hydrogen (secondary N) is 1. The molecular weight excluding hydrogens is 362 g/mol. The van der Waals surface area contributed by atoms with Crippen LogP contribution in [0, 0.1) is 0 Å². The minimum absolute atomic E-state index is 0.229. The zero-order valence-electron chi connectivity index (χ0n) is 16.6. The Labute approximate surface area is 171 Å². The summed E-state index contributed by atoms with van der Waals surface area (Å²) in [4.78, 5) is 14.8. The van der Waals surface area contributed by atoms with Crippen LogP contribution in [0.25, 0.3) is 10.8 Å². The SMILES string of the molecule is CCOc1ccc2ccccc2c1/C=N\NC(=O)c1ccc(N2CCCC2)cc1. The molecule has 1 heterocycles. The lowest BCUT2D eigenvalue weighted by atomic mass is 10.0. The Morgan fingerprint density at radius 3 is 2.59 bits per heavy atom. The van der Waals surface area contributed by atoms with E-state index in [4.69, 9.17) is 4.74 Å². The molecule has 3 aromatic rings. The number of nitrogens with zero attached hydrogens (tertiary/aromatic N) is 2. The van der Waals surface area contributed by atoms with Crippen LogP contribution in [0.3, 0.4) is 0 Å². The third kappa shape index (κ3) is 4.24. The lowest BCUT2D eigenvalue weighted by Crippen LogP contribution is -2.19. The molecule has 0 saturated carbocycles. The van der Waals surface area contributed by atoms with Gasteiger partial charge in [-0.25, -0.2) is 5.43 Å². The van der Waals surface area contributed by atoms with Crippen molar-refractivity contribution in [2.75, 3.05) is 24.6 Å². The second-order valence-corrected chi connectivity index (χ2v) is 7.07. The molecule has 148 valence electrons. The van der Waals surface area contributed by atoms with Crippen LogP contribution in [-0.4, -0.2) is 31.8 Å². The summed E-state index contributed by atoms with van der Waals surface area (Å²) in [5, 5.41) is 6.33. The molecule has 0 aromatic heterocycles. The van der Waals surface area contributed by atoms with Gasteiger partial charge in [-0.1, -0.05) is 30.3 Å². The lowest BCUT2D eigenvalue weighted by molar-refractivity contribution is 0.0955. The van der Waals surface area contributed by atoms with Gasteiger partial charge >= 0.3 is 0 Å². The molecule has 5 heteroatoms. The average molecular weight is 387 g/mol. The van der Waals surface area contributed by atoms with Crippen LogP contribution in [0.4, 0.5) is 5.69 Å². The van der Waals surface area contributed by atoms with E-state index in [2.05, 4.69) is 15.4 Å². The average Bonchev–Trinajstić information content (AvgIpc) is 3.30. The van der Waals surface area contributed by atoms with Gasteiger partial charge in [-0.2, -0.15) is 5.10 Å². The number of anilines is 1. The molecule has 0 atom stereocenters. The molecule has 4 rings (SSSR count). The molecule has 0 unspecified atom stereocenters. The van der Waals surface area contributed by atoms with Gasteiger partial charge < -0.3 is 9.64 Å². The molecule has 0 bridgehead atoms. The zero-order chi connectivity index (χ0) is 20.1. The Kier molecular flexibility index (Phi) is 5.75. The number of amides is 1. The van der Waals surface area contributed by atoms with Crippen molar-refractivity contribution in [2.45, 2.75) is 19.8 Å². The number of carbonyl (C=O) groups excluding carboxylic acids is 1. The number of rotatable bonds is 6. The van der Waals surface area contributed by atoms with Crippen LogP contribution in [0.1, 0.15) is 35.7 Å². The molecule has 0 aliphatic carbocycles. The van der Waals surface area contributed by atoms with E-state index in [1.54, 1.807) is 6.21 Å². The van der Waals surface area contributed by atoms with Crippen molar-refractivity contribution >= 4 is 28.6 Å². The molecule has 1 fully saturated rings. The van der Waals surface area contributed by atoms with E-state index in [0.29, 0.717) is 12.2 Å². The molecule has 1 N–H and O–H groups in total. The molecule has 1 saturated heterocycles. The van der Waals surface area contributed by atoms with Gasteiger partial charge in [0.15, 0.2) is 0 Å². The van der Waals surface area contributed by atoms with Crippen molar-refractivity contribution in [1.82, 2.24) is 5.43 Å². The van der Waals surface area contributed by atoms with E-state index < -0.39 is 0 Å². The van der Waals surface area contributed by atoms with Gasteiger partial charge in [0, 0.05) is 29.9 Å². The summed E-state index contributed by atoms with van der Waals surface area (Å²) < 4.78 is 5.74. The highest BCUT2D eigenvalue weighted by Crippen LogP contribution is 2.26. The van der Waals surface area contributed by atoms with E-state index in [0.717, 1.165) is 35.2 Å². The smallest absolute Gasteiger partial charge is 0.271 e. The number of hydrazone groups is 1. The number of hydrogen-bond acceptors (Lipinski definition) is 4. The Balaban J connectivity index is 1.49. The Morgan fingerprint density at radius 2 is 1.83 bits per heavy atom. The first-order chi connectivity index (χ1) is 14.3. The summed E-state index contributed by atoms with van der Waals surface area (Å²) in [5.74, 6) is 0.520. The maximum Gasteiger partial charge on any atom is 0.271 e. The van der Waals surface area contributed by atoms with Gasteiger partial charge in [0.25, 0.3) is 5.91 Å². The molecule has 1 aliphatic rings. The van der Waals surface area contributed by atoms with E-state index in [-0.39, 0.29) is 5.91 Å². The monoisotopic (exact) mass is 387 g/mol. The first-order valence-electron chi connectivity index (χ1n) is 10.1. The molecule has 3 aromatic carbocycles. The standard InChI is InChI=1S/C24H25N3O2/c1-2-29-23-14-11-18-7-3-4-8-21(18)22(23)17-25-26-24(28)19-9-12-20(13-10-19)27-15-5-6-16-27/h3-4,7-14,17H,2,5-6,15-16H2,1H3,(H,26,28)/b25-17-. The minimum Gasteiger partial charge on any atom is -0.493 e. The molecule has 1 amide bonds. The fourth-order valence-electron chi connectivity index (χ4n) is 3.71. The fraction of sp³-hybridized carbons (Fsp3) is 0.250. The van der Waals surface area contributed by atoms with Crippen molar-refractivity contribution in [3.63, 3.8) is 0 Å². The van der Waals surface area contributed by atoms with E-state index in [1.165, 1.54) is 18.5 Å². The Hall–Kier alpha value is -3.34. The second-order valence-electron chi connectivity index (χ2n) is 7.07. The number of hydrogen-bond donors (Lipinski definition) is 1. The number of ether oxygens (including phenoxy) is 1. The van der Waals surface area contributed by atoms with Crippen LogP contribution in [0.5, 0.6) is 5.75 Å². The third-order valence-electron chi connectivity index (χ3n) is 5.19. The first-order valence-corrected chi connectivity index (χ1v) is 10.1. The predicted molar refractivity (Wildman–Crippen MR) is 118 cm³/mol. The quantitative estimate of drug-likeness (QED) is 0.497. The topological polar surface area (TPSA) is 53.9 Å². The summed E-state index contributed by atoms with van der Waals surface area (Å²) in [6.07, 6.45) is 4.12. The highest BCUT2D eigenvalue weighted by Gasteiger charge is 2.13. The normalized spacial score (nSPS) is 13.9. The number of carbonyl (C=O) groups is 1. The summed E-state index contributed by atoms with van der Waals surface area (Å²) >= 11 is 0. The highest BCUT2D eigenvalue weighted by atomic mass is 16.5. The first kappa shape index (κ1) is 19.0. The fourth-order valence-corrected chi connectivity index (χ4v) is 3.71. The van der Waals surface area contributed by atoms with Crippen LogP contribution < -0.4 is 15.1 Å². The molecule has 29 heavy (non-hydrogen) atoms. The van der Waals surface area contributed by atoms with Crippen molar-refractivity contribution < 1.29 is 9.53 Å². The van der Waals surface area contributed by atoms with Crippen LogP contribution in [-0.2, 0) is 0 Å². The van der Waals surface area contributed by atoms with Crippen molar-refractivity contribution in [3.05, 3.63) is 71.8 Å². The van der Waals surface area contributed by atoms with E-state index in [9.17, 15) is 4.79 Å². The summed E-state index contributed by atoms with van der Waals surface area (Å²) in [6.45, 7) is 4.69. The zero-order valence-corrected chi connectivity index (χ0v) is 16.6. The summed E-state index contributed by atoms with van der Waals surface area (Å²) in [6, 6.07) is 19.7. The van der Waals surface area contributed by atoms with Gasteiger partial charge in [0.1, 0.15) is 5.75 Å². The Morgan fingerprint density at radius 1 is 1.07 bits per heavy atom. The van der Waals surface area contributed by atoms with E-state index in [1.807, 2.05) is 67.6 Å². The van der Waals surface area contributed by atoms with Gasteiger partial charge in [0.2, 0.25) is 0 Å². The van der Waals surface area contributed by atoms with Gasteiger partial charge in [-0.15, -0.1) is 0 Å². The Bertz CT molecular complexity index is 1020. The predicted octanol–water partition coefficient (Wildman–Crippen LogP) is 4.60. The maximum atomic E-state index is 12.5. The summed E-state index contributed by atoms with van der Waals surface area (Å²) in [5.41, 5.74) is 5.25. The molecule has 0 radical (unpaired) electrons. The second kappa shape index (κ2) is 8.78. The van der Waals surface area contributed by atoms with Gasteiger partial charge in [0.05, 0.1) is 12.8 Å². The van der Waals surface area contributed by atoms with Crippen LogP contribution in [0.2, 0.25) is 0 Å². The van der Waals surface area contributed by atoms with Crippen molar-refractivity contribution in [3.8, 4) is 5.75 Å². The molecular formula is C24H25N3O2. The van der Waals surface area contributed by atoms with E-state index >= 15 is 0 Å². The van der Waals surface area contributed by atoms with Crippen molar-refractivity contribution in [1.29, 1.82) is 0 Å². The highest BCUT2D eigenvalue weighted by molar-refractivity contribution is 6.03. The van der Waals surface area contributed by atoms with Crippen LogP contribution in [0.15, 0.2) is 65.8 Å². The lowest BCUT2D eigenvalue weighted by Gasteiger charge is -2.17. The largest absolute Gasteiger partial charge is 0.493 e. The van der Waals surface area contributed by atoms with Gasteiger partial charge in [-0.3, -0.25) is 4.79 Å². The van der Waals surface area contributed by atoms with Gasteiger partial charge in [-0.05, 0) is 60.9 Å². The maximum absolute atomic E-state index is 12.5. The third-order valence-corrected chi connectivity index (χ3v) is 5.19. The molecule has 0 spiro atoms. The number of benzene rings is 3. The summed E-state index contributed by atoms with van der Waals surface area (Å²) in [7, 11) is 0.